The molecule has 0 fully saturated rings. The number of nitrogens with one attached hydrogen (secondary N) is 1. The van der Waals surface area contributed by atoms with Crippen LogP contribution >= 0.6 is 11.6 Å². The summed E-state index contributed by atoms with van der Waals surface area (Å²) in [5, 5.41) is 15.3. The summed E-state index contributed by atoms with van der Waals surface area (Å²) in [6.45, 7) is 1.62. The summed E-state index contributed by atoms with van der Waals surface area (Å²) in [5.74, 6) is -0.693. The number of benzene rings is 2. The highest BCUT2D eigenvalue weighted by molar-refractivity contribution is 6.30. The highest BCUT2D eigenvalue weighted by atomic mass is 35.5. The minimum absolute atomic E-state index is 0.00352. The highest BCUT2D eigenvalue weighted by Gasteiger charge is 2.30. The number of aryl methyl sites for hydroxylation is 1. The van der Waals surface area contributed by atoms with Gasteiger partial charge >= 0.3 is 6.18 Å². The van der Waals surface area contributed by atoms with E-state index >= 15 is 0 Å². The van der Waals surface area contributed by atoms with Crippen molar-refractivity contribution in [1.29, 1.82) is 0 Å². The topological polar surface area (TPSA) is 72.2 Å². The standard InChI is InChI=1S/C20H13ClF3N5O/c1-11-17(19(30)26-15-7-3-5-13(9-15)20(22,23)24)27-28-18-16(10-25-29(11)18)12-4-2-6-14(21)8-12/h2-10H,1H3,(H,26,30). The number of rotatable bonds is 3. The first kappa shape index (κ1) is 19.8. The van der Waals surface area contributed by atoms with Gasteiger partial charge < -0.3 is 5.32 Å². The van der Waals surface area contributed by atoms with E-state index in [2.05, 4.69) is 20.6 Å². The molecule has 0 atom stereocenters. The fourth-order valence-electron chi connectivity index (χ4n) is 2.99. The summed E-state index contributed by atoms with van der Waals surface area (Å²) in [7, 11) is 0. The first-order valence-electron chi connectivity index (χ1n) is 8.69. The summed E-state index contributed by atoms with van der Waals surface area (Å²) in [5.41, 5.74) is 1.35. The van der Waals surface area contributed by atoms with Crippen molar-refractivity contribution in [2.45, 2.75) is 13.1 Å². The number of amides is 1. The average molecular weight is 432 g/mol. The lowest BCUT2D eigenvalue weighted by Gasteiger charge is -2.10. The number of aromatic nitrogens is 4. The van der Waals surface area contributed by atoms with Crippen molar-refractivity contribution in [3.05, 3.63) is 76.7 Å². The van der Waals surface area contributed by atoms with Crippen LogP contribution in [-0.4, -0.2) is 25.7 Å². The zero-order valence-corrected chi connectivity index (χ0v) is 16.2. The van der Waals surface area contributed by atoms with Crippen molar-refractivity contribution in [3.8, 4) is 11.1 Å². The van der Waals surface area contributed by atoms with E-state index in [9.17, 15) is 18.0 Å². The molecule has 0 bridgehead atoms. The maximum absolute atomic E-state index is 12.9. The van der Waals surface area contributed by atoms with Gasteiger partial charge in [-0.1, -0.05) is 29.8 Å². The van der Waals surface area contributed by atoms with Crippen LogP contribution in [0.15, 0.2) is 54.7 Å². The second-order valence-corrected chi connectivity index (χ2v) is 6.91. The number of alkyl halides is 3. The molecule has 2 heterocycles. The Morgan fingerprint density at radius 3 is 2.60 bits per heavy atom. The van der Waals surface area contributed by atoms with Crippen molar-refractivity contribution in [2.24, 2.45) is 0 Å². The number of halogens is 4. The number of carbonyl (C=O) groups is 1. The molecule has 2 aromatic heterocycles. The van der Waals surface area contributed by atoms with Crippen LogP contribution in [0.1, 0.15) is 21.7 Å². The minimum atomic E-state index is -4.51. The predicted molar refractivity (Wildman–Crippen MR) is 105 cm³/mol. The van der Waals surface area contributed by atoms with Gasteiger partial charge in [0.2, 0.25) is 0 Å². The lowest BCUT2D eigenvalue weighted by molar-refractivity contribution is -0.137. The Kier molecular flexibility index (Phi) is 4.90. The fraction of sp³-hybridized carbons (Fsp3) is 0.100. The van der Waals surface area contributed by atoms with E-state index in [1.54, 1.807) is 31.3 Å². The molecule has 30 heavy (non-hydrogen) atoms. The molecular weight excluding hydrogens is 419 g/mol. The summed E-state index contributed by atoms with van der Waals surface area (Å²) < 4.78 is 40.1. The van der Waals surface area contributed by atoms with Crippen LogP contribution in [0.25, 0.3) is 16.8 Å². The molecule has 0 aliphatic rings. The van der Waals surface area contributed by atoms with Crippen LogP contribution in [0.4, 0.5) is 18.9 Å². The van der Waals surface area contributed by atoms with E-state index in [4.69, 9.17) is 11.6 Å². The Labute approximate surface area is 173 Å². The molecule has 0 aliphatic heterocycles. The first-order chi connectivity index (χ1) is 14.2. The molecule has 152 valence electrons. The van der Waals surface area contributed by atoms with E-state index in [0.29, 0.717) is 21.9 Å². The molecule has 0 radical (unpaired) electrons. The van der Waals surface area contributed by atoms with Crippen LogP contribution in [0.5, 0.6) is 0 Å². The molecule has 2 aromatic carbocycles. The molecule has 0 spiro atoms. The van der Waals surface area contributed by atoms with Gasteiger partial charge in [-0.05, 0) is 42.8 Å². The molecule has 0 unspecified atom stereocenters. The zero-order valence-electron chi connectivity index (χ0n) is 15.4. The molecule has 0 aliphatic carbocycles. The lowest BCUT2D eigenvalue weighted by Crippen LogP contribution is -2.19. The maximum atomic E-state index is 12.9. The SMILES string of the molecule is Cc1c(C(=O)Nc2cccc(C(F)(F)F)c2)nnc2c(-c3cccc(Cl)c3)cnn12. The van der Waals surface area contributed by atoms with Crippen LogP contribution in [0.2, 0.25) is 5.02 Å². The van der Waals surface area contributed by atoms with Gasteiger partial charge in [0, 0.05) is 16.3 Å². The monoisotopic (exact) mass is 431 g/mol. The van der Waals surface area contributed by atoms with Crippen LogP contribution in [-0.2, 0) is 6.18 Å². The second-order valence-electron chi connectivity index (χ2n) is 6.47. The third-order valence-electron chi connectivity index (χ3n) is 4.45. The quantitative estimate of drug-likeness (QED) is 0.494. The van der Waals surface area contributed by atoms with Crippen molar-refractivity contribution in [1.82, 2.24) is 19.8 Å². The van der Waals surface area contributed by atoms with E-state index in [1.165, 1.54) is 16.6 Å². The van der Waals surface area contributed by atoms with Gasteiger partial charge in [0.15, 0.2) is 11.3 Å². The smallest absolute Gasteiger partial charge is 0.321 e. The highest BCUT2D eigenvalue weighted by Crippen LogP contribution is 2.31. The van der Waals surface area contributed by atoms with E-state index in [0.717, 1.165) is 17.7 Å². The van der Waals surface area contributed by atoms with Gasteiger partial charge in [-0.25, -0.2) is 4.52 Å². The molecule has 1 amide bonds. The lowest BCUT2D eigenvalue weighted by atomic mass is 10.1. The van der Waals surface area contributed by atoms with Crippen molar-refractivity contribution >= 4 is 28.8 Å². The third kappa shape index (κ3) is 3.71. The molecule has 0 saturated heterocycles. The van der Waals surface area contributed by atoms with Crippen LogP contribution in [0.3, 0.4) is 0 Å². The molecule has 6 nitrogen and oxygen atoms in total. The fourth-order valence-corrected chi connectivity index (χ4v) is 3.18. The average Bonchev–Trinajstić information content (AvgIpc) is 3.13. The molecule has 0 saturated carbocycles. The van der Waals surface area contributed by atoms with E-state index < -0.39 is 17.6 Å². The number of fused-ring (bicyclic) bond motifs is 1. The number of hydrogen-bond acceptors (Lipinski definition) is 4. The Morgan fingerprint density at radius 1 is 1.10 bits per heavy atom. The minimum Gasteiger partial charge on any atom is -0.321 e. The molecular formula is C20H13ClF3N5O. The summed E-state index contributed by atoms with van der Waals surface area (Å²) in [4.78, 5) is 12.6. The van der Waals surface area contributed by atoms with Gasteiger partial charge in [-0.15, -0.1) is 10.2 Å². The maximum Gasteiger partial charge on any atom is 0.416 e. The van der Waals surface area contributed by atoms with E-state index in [1.807, 2.05) is 6.07 Å². The number of nitrogens with zero attached hydrogens (tertiary/aromatic N) is 4. The zero-order chi connectivity index (χ0) is 21.5. The first-order valence-corrected chi connectivity index (χ1v) is 9.07. The van der Waals surface area contributed by atoms with Crippen molar-refractivity contribution < 1.29 is 18.0 Å². The third-order valence-corrected chi connectivity index (χ3v) is 4.68. The Balaban J connectivity index is 1.67. The molecule has 4 aromatic rings. The molecule has 10 heteroatoms. The largest absolute Gasteiger partial charge is 0.416 e. The van der Waals surface area contributed by atoms with Crippen LogP contribution in [0, 0.1) is 6.92 Å². The Bertz CT molecular complexity index is 1270. The molecule has 4 rings (SSSR count). The summed E-state index contributed by atoms with van der Waals surface area (Å²) in [6, 6.07) is 11.5. The van der Waals surface area contributed by atoms with Gasteiger partial charge in [0.25, 0.3) is 5.91 Å². The predicted octanol–water partition coefficient (Wildman–Crippen LogP) is 5.02. The normalized spacial score (nSPS) is 11.6. The second kappa shape index (κ2) is 7.42. The van der Waals surface area contributed by atoms with Crippen LogP contribution < -0.4 is 5.32 Å². The van der Waals surface area contributed by atoms with Crippen molar-refractivity contribution in [2.75, 3.05) is 5.32 Å². The number of anilines is 1. The Morgan fingerprint density at radius 2 is 1.87 bits per heavy atom. The number of hydrogen-bond donors (Lipinski definition) is 1. The molecule has 1 N–H and O–H groups in total. The summed E-state index contributed by atoms with van der Waals surface area (Å²) >= 11 is 6.04. The summed E-state index contributed by atoms with van der Waals surface area (Å²) in [6.07, 6.45) is -2.93. The number of carbonyl (C=O) groups excluding carboxylic acids is 1. The van der Waals surface area contributed by atoms with Gasteiger partial charge in [0.05, 0.1) is 17.5 Å². The van der Waals surface area contributed by atoms with E-state index in [-0.39, 0.29) is 11.4 Å². The Hall–Kier alpha value is -3.46. The van der Waals surface area contributed by atoms with Gasteiger partial charge in [-0.2, -0.15) is 18.3 Å². The van der Waals surface area contributed by atoms with Crippen molar-refractivity contribution in [3.63, 3.8) is 0 Å². The van der Waals surface area contributed by atoms with Gasteiger partial charge in [-0.3, -0.25) is 4.79 Å². The van der Waals surface area contributed by atoms with Gasteiger partial charge in [0.1, 0.15) is 0 Å².